The van der Waals surface area contributed by atoms with Gasteiger partial charge < -0.3 is 15.0 Å². The van der Waals surface area contributed by atoms with Gasteiger partial charge in [-0.2, -0.15) is 18.2 Å². The van der Waals surface area contributed by atoms with E-state index in [2.05, 4.69) is 10.3 Å². The van der Waals surface area contributed by atoms with Crippen LogP contribution < -0.4 is 15.0 Å². The Morgan fingerprint density at radius 3 is 2.44 bits per heavy atom. The number of rotatable bonds is 8. The number of hydrogen-bond acceptors (Lipinski definition) is 4. The third-order valence-corrected chi connectivity index (χ3v) is 4.35. The van der Waals surface area contributed by atoms with E-state index >= 15 is 0 Å². The van der Waals surface area contributed by atoms with Crippen molar-refractivity contribution >= 4 is 29.7 Å². The number of anilines is 1. The first-order chi connectivity index (χ1) is 16.0. The van der Waals surface area contributed by atoms with Gasteiger partial charge in [-0.1, -0.05) is 43.2 Å². The van der Waals surface area contributed by atoms with Crippen molar-refractivity contribution in [1.82, 2.24) is 14.9 Å². The third-order valence-electron chi connectivity index (χ3n) is 4.22. The number of nitrogens with zero attached hydrogens (tertiary/aromatic N) is 3. The van der Waals surface area contributed by atoms with Crippen molar-refractivity contribution in [3.05, 3.63) is 58.3 Å². The second kappa shape index (κ2) is 12.8. The first-order valence-electron chi connectivity index (χ1n) is 10.3. The quantitative estimate of drug-likeness (QED) is 0.369. The maximum Gasteiger partial charge on any atom is 0.416 e. The van der Waals surface area contributed by atoms with E-state index in [1.165, 1.54) is 30.8 Å². The normalized spacial score (nSPS) is 11.9. The molecule has 0 fully saturated rings. The molecule has 2 rings (SSSR count). The van der Waals surface area contributed by atoms with Crippen molar-refractivity contribution in [2.75, 3.05) is 19.0 Å². The summed E-state index contributed by atoms with van der Waals surface area (Å²) in [6, 6.07) is 4.10. The Kier molecular flexibility index (Phi) is 10.9. The maximum atomic E-state index is 13.1. The molecule has 0 radical (unpaired) electrons. The van der Waals surface area contributed by atoms with Crippen molar-refractivity contribution in [3.63, 3.8) is 0 Å². The van der Waals surface area contributed by atoms with Gasteiger partial charge in [0.2, 0.25) is 6.41 Å². The Labute approximate surface area is 201 Å². The number of benzene rings is 1. The number of imidazole rings is 1. The Morgan fingerprint density at radius 2 is 1.91 bits per heavy atom. The van der Waals surface area contributed by atoms with Gasteiger partial charge in [0.05, 0.1) is 5.56 Å². The highest BCUT2D eigenvalue weighted by Crippen LogP contribution is 2.34. The molecule has 0 saturated carbocycles. The molecule has 1 aromatic carbocycles. The van der Waals surface area contributed by atoms with Crippen LogP contribution in [-0.2, 0) is 17.5 Å². The van der Waals surface area contributed by atoms with Gasteiger partial charge in [-0.15, -0.1) is 0 Å². The standard InChI is InChI=1S/C21H22ClF3N4O3.C2H6/c1-13(8-9-14(2)22)11-29-17(19(31)26-3)18(28(4)12-30)27-20(29)32-16-7-5-6-15(10-16)21(23,24)25;1-2/h5-10,12H,11H2,1-4H3,(H,26,31);1-2H3/b13-8+,14-9+;. The van der Waals surface area contributed by atoms with Crippen LogP contribution in [0.1, 0.15) is 43.7 Å². The SMILES string of the molecule is CC.CNC(=O)c1c(N(C)C=O)nc(Oc2cccc(C(F)(F)F)c2)n1C/C(C)=C/C=C(\C)Cl. The van der Waals surface area contributed by atoms with Gasteiger partial charge in [0.15, 0.2) is 11.5 Å². The van der Waals surface area contributed by atoms with E-state index in [9.17, 15) is 22.8 Å². The molecule has 0 saturated heterocycles. The molecular formula is C23H28ClF3N4O3. The molecule has 11 heteroatoms. The summed E-state index contributed by atoms with van der Waals surface area (Å²) in [7, 11) is 2.79. The van der Waals surface area contributed by atoms with E-state index < -0.39 is 17.6 Å². The van der Waals surface area contributed by atoms with Gasteiger partial charge in [0, 0.05) is 25.7 Å². The lowest BCUT2D eigenvalue weighted by Crippen LogP contribution is -2.26. The Morgan fingerprint density at radius 1 is 1.26 bits per heavy atom. The number of amides is 2. The smallest absolute Gasteiger partial charge is 0.416 e. The zero-order valence-corrected chi connectivity index (χ0v) is 20.6. The lowest BCUT2D eigenvalue weighted by atomic mass is 10.2. The van der Waals surface area contributed by atoms with Crippen LogP contribution in [0.25, 0.3) is 0 Å². The second-order valence-electron chi connectivity index (χ2n) is 6.84. The summed E-state index contributed by atoms with van der Waals surface area (Å²) in [6.45, 7) is 7.55. The second-order valence-corrected chi connectivity index (χ2v) is 7.44. The summed E-state index contributed by atoms with van der Waals surface area (Å²) < 4.78 is 46.3. The van der Waals surface area contributed by atoms with Crippen molar-refractivity contribution in [3.8, 4) is 11.8 Å². The largest absolute Gasteiger partial charge is 0.425 e. The van der Waals surface area contributed by atoms with Crippen LogP contribution in [0.5, 0.6) is 11.8 Å². The minimum Gasteiger partial charge on any atom is -0.425 e. The summed E-state index contributed by atoms with van der Waals surface area (Å²) in [5.74, 6) is -0.705. The highest BCUT2D eigenvalue weighted by atomic mass is 35.5. The predicted octanol–water partition coefficient (Wildman–Crippen LogP) is 5.76. The molecule has 0 aliphatic rings. The van der Waals surface area contributed by atoms with Crippen molar-refractivity contribution in [2.24, 2.45) is 0 Å². The van der Waals surface area contributed by atoms with Gasteiger partial charge in [0.25, 0.3) is 5.91 Å². The number of nitrogens with one attached hydrogen (secondary N) is 1. The van der Waals surface area contributed by atoms with E-state index in [1.54, 1.807) is 26.0 Å². The highest BCUT2D eigenvalue weighted by molar-refractivity contribution is 6.29. The van der Waals surface area contributed by atoms with E-state index in [4.69, 9.17) is 16.3 Å². The van der Waals surface area contributed by atoms with Crippen molar-refractivity contribution in [1.29, 1.82) is 0 Å². The summed E-state index contributed by atoms with van der Waals surface area (Å²) in [5, 5.41) is 3.00. The molecule has 1 N–H and O–H groups in total. The lowest BCUT2D eigenvalue weighted by Gasteiger charge is -2.14. The van der Waals surface area contributed by atoms with Gasteiger partial charge >= 0.3 is 12.2 Å². The van der Waals surface area contributed by atoms with Crippen LogP contribution in [0, 0.1) is 0 Å². The van der Waals surface area contributed by atoms with Crippen LogP contribution in [0.3, 0.4) is 0 Å². The summed E-state index contributed by atoms with van der Waals surface area (Å²) in [6.07, 6.45) is -0.738. The zero-order valence-electron chi connectivity index (χ0n) is 19.8. The molecule has 0 aliphatic heterocycles. The molecule has 0 aliphatic carbocycles. The number of hydrogen-bond donors (Lipinski definition) is 1. The molecule has 7 nitrogen and oxygen atoms in total. The number of carbonyl (C=O) groups excluding carboxylic acids is 2. The van der Waals surface area contributed by atoms with Crippen LogP contribution in [-0.4, -0.2) is 36.0 Å². The molecule has 0 unspecified atom stereocenters. The highest BCUT2D eigenvalue weighted by Gasteiger charge is 2.31. The summed E-state index contributed by atoms with van der Waals surface area (Å²) >= 11 is 5.85. The van der Waals surface area contributed by atoms with Crippen LogP contribution in [0.15, 0.2) is 47.0 Å². The van der Waals surface area contributed by atoms with E-state index in [0.29, 0.717) is 11.4 Å². The topological polar surface area (TPSA) is 76.5 Å². The fourth-order valence-corrected chi connectivity index (χ4v) is 2.75. The lowest BCUT2D eigenvalue weighted by molar-refractivity contribution is -0.137. The van der Waals surface area contributed by atoms with E-state index in [0.717, 1.165) is 22.6 Å². The van der Waals surface area contributed by atoms with E-state index in [-0.39, 0.29) is 29.8 Å². The third kappa shape index (κ3) is 7.65. The fraction of sp³-hybridized carbons (Fsp3) is 0.348. The first kappa shape index (κ1) is 28.8. The number of alkyl halides is 3. The molecule has 0 bridgehead atoms. The Balaban J connectivity index is 0.00000281. The van der Waals surface area contributed by atoms with Crippen LogP contribution in [0.2, 0.25) is 0 Å². The maximum absolute atomic E-state index is 13.1. The molecule has 0 spiro atoms. The number of aromatic nitrogens is 2. The minimum absolute atomic E-state index is 0.00315. The van der Waals surface area contributed by atoms with Crippen LogP contribution >= 0.6 is 11.6 Å². The average molecular weight is 501 g/mol. The number of carbonyl (C=O) groups is 2. The average Bonchev–Trinajstić information content (AvgIpc) is 3.15. The molecule has 0 atom stereocenters. The molecule has 2 amide bonds. The molecule has 1 heterocycles. The molecule has 1 aromatic heterocycles. The number of halogens is 4. The van der Waals surface area contributed by atoms with Gasteiger partial charge in [-0.3, -0.25) is 14.2 Å². The van der Waals surface area contributed by atoms with E-state index in [1.807, 2.05) is 13.8 Å². The van der Waals surface area contributed by atoms with Crippen molar-refractivity contribution in [2.45, 2.75) is 40.4 Å². The summed E-state index contributed by atoms with van der Waals surface area (Å²) in [5.41, 5.74) is -0.159. The number of ether oxygens (including phenoxy) is 1. The molecule has 34 heavy (non-hydrogen) atoms. The molecule has 2 aromatic rings. The van der Waals surface area contributed by atoms with Crippen LogP contribution in [0.4, 0.5) is 19.0 Å². The van der Waals surface area contributed by atoms with Crippen molar-refractivity contribution < 1.29 is 27.5 Å². The predicted molar refractivity (Wildman–Crippen MR) is 126 cm³/mol. The summed E-state index contributed by atoms with van der Waals surface area (Å²) in [4.78, 5) is 29.2. The molecular weight excluding hydrogens is 473 g/mol. The fourth-order valence-electron chi connectivity index (χ4n) is 2.68. The zero-order chi connectivity index (χ0) is 26.1. The van der Waals surface area contributed by atoms with Gasteiger partial charge in [-0.05, 0) is 38.1 Å². The first-order valence-corrected chi connectivity index (χ1v) is 10.7. The Bertz CT molecular complexity index is 1060. The number of allylic oxidation sites excluding steroid dienone is 4. The monoisotopic (exact) mass is 500 g/mol. The minimum atomic E-state index is -4.56. The Hall–Kier alpha value is -3.27. The van der Waals surface area contributed by atoms with Gasteiger partial charge in [0.1, 0.15) is 5.75 Å². The van der Waals surface area contributed by atoms with Gasteiger partial charge in [-0.25, -0.2) is 0 Å². The molecule has 186 valence electrons.